The molecule has 13 heavy (non-hydrogen) atoms. The van der Waals surface area contributed by atoms with Crippen molar-refractivity contribution in [1.29, 1.82) is 0 Å². The van der Waals surface area contributed by atoms with Crippen molar-refractivity contribution in [3.63, 3.8) is 0 Å². The summed E-state index contributed by atoms with van der Waals surface area (Å²) < 4.78 is 0. The largest absolute Gasteiger partial charge is 0.303 e. The molecule has 0 spiro atoms. The highest BCUT2D eigenvalue weighted by Gasteiger charge is 2.60. The van der Waals surface area contributed by atoms with Gasteiger partial charge in [-0.25, -0.2) is 0 Å². The van der Waals surface area contributed by atoms with Crippen LogP contribution in [0.3, 0.4) is 0 Å². The summed E-state index contributed by atoms with van der Waals surface area (Å²) in [7, 11) is 0. The predicted octanol–water partition coefficient (Wildman–Crippen LogP) is 3.43. The van der Waals surface area contributed by atoms with E-state index in [1.165, 1.54) is 6.29 Å². The van der Waals surface area contributed by atoms with Gasteiger partial charge in [0.1, 0.15) is 6.29 Å². The maximum atomic E-state index is 11.0. The van der Waals surface area contributed by atoms with Crippen LogP contribution >= 0.6 is 0 Å². The fraction of sp³-hybridized carbons (Fsp3) is 0.917. The van der Waals surface area contributed by atoms with Crippen molar-refractivity contribution < 1.29 is 4.79 Å². The Balaban J connectivity index is 2.50. The summed E-state index contributed by atoms with van der Waals surface area (Å²) in [4.78, 5) is 11.0. The number of aldehydes is 1. The fourth-order valence-electron chi connectivity index (χ4n) is 2.03. The number of carbonyl (C=O) groups excluding carboxylic acids is 1. The molecule has 0 aromatic heterocycles. The third kappa shape index (κ3) is 2.12. The first-order chi connectivity index (χ1) is 5.72. The molecule has 0 bridgehead atoms. The molecule has 1 heteroatoms. The van der Waals surface area contributed by atoms with Crippen LogP contribution in [-0.2, 0) is 4.79 Å². The van der Waals surface area contributed by atoms with Gasteiger partial charge in [-0.3, -0.25) is 0 Å². The summed E-state index contributed by atoms with van der Waals surface area (Å²) in [5.41, 5.74) is 0.634. The van der Waals surface area contributed by atoms with E-state index in [4.69, 9.17) is 0 Å². The fourth-order valence-corrected chi connectivity index (χ4v) is 2.03. The van der Waals surface area contributed by atoms with Gasteiger partial charge in [0.15, 0.2) is 0 Å². The quantitative estimate of drug-likeness (QED) is 0.611. The van der Waals surface area contributed by atoms with Crippen LogP contribution in [0.15, 0.2) is 0 Å². The molecule has 1 saturated carbocycles. The highest BCUT2D eigenvalue weighted by atomic mass is 16.1. The Bertz CT molecular complexity index is 210. The van der Waals surface area contributed by atoms with Crippen molar-refractivity contribution in [1.82, 2.24) is 0 Å². The lowest BCUT2D eigenvalue weighted by atomic mass is 9.83. The molecule has 1 atom stereocenters. The van der Waals surface area contributed by atoms with E-state index >= 15 is 0 Å². The van der Waals surface area contributed by atoms with Gasteiger partial charge in [-0.05, 0) is 30.1 Å². The maximum absolute atomic E-state index is 11.0. The second-order valence-electron chi connectivity index (χ2n) is 6.40. The average Bonchev–Trinajstić information content (AvgIpc) is 2.49. The summed E-state index contributed by atoms with van der Waals surface area (Å²) >= 11 is 0. The second kappa shape index (κ2) is 2.83. The van der Waals surface area contributed by atoms with E-state index in [1.807, 2.05) is 0 Å². The Morgan fingerprint density at radius 1 is 1.31 bits per heavy atom. The summed E-state index contributed by atoms with van der Waals surface area (Å²) in [6.45, 7) is 11.1. The third-order valence-corrected chi connectivity index (χ3v) is 3.53. The van der Waals surface area contributed by atoms with Crippen molar-refractivity contribution in [2.45, 2.75) is 53.9 Å². The van der Waals surface area contributed by atoms with Crippen LogP contribution in [0.2, 0.25) is 0 Å². The van der Waals surface area contributed by atoms with E-state index in [9.17, 15) is 4.79 Å². The van der Waals surface area contributed by atoms with Crippen molar-refractivity contribution in [2.75, 3.05) is 0 Å². The second-order valence-corrected chi connectivity index (χ2v) is 6.40. The minimum Gasteiger partial charge on any atom is -0.303 e. The van der Waals surface area contributed by atoms with Crippen LogP contribution in [-0.4, -0.2) is 6.29 Å². The number of hydrogen-bond donors (Lipinski definition) is 0. The van der Waals surface area contributed by atoms with Crippen molar-refractivity contribution in [3.05, 3.63) is 0 Å². The van der Waals surface area contributed by atoms with Crippen LogP contribution in [0.4, 0.5) is 0 Å². The molecule has 1 rings (SSSR count). The normalized spacial score (nSPS) is 31.5. The Morgan fingerprint density at radius 3 is 2.00 bits per heavy atom. The van der Waals surface area contributed by atoms with E-state index in [1.54, 1.807) is 0 Å². The first kappa shape index (κ1) is 10.7. The van der Waals surface area contributed by atoms with Gasteiger partial charge >= 0.3 is 0 Å². The highest BCUT2D eigenvalue weighted by molar-refractivity contribution is 5.66. The lowest BCUT2D eigenvalue weighted by molar-refractivity contribution is -0.113. The van der Waals surface area contributed by atoms with Gasteiger partial charge in [-0.15, -0.1) is 0 Å². The SMILES string of the molecule is CC(C)(C)CCC1(C=O)CC1(C)C. The molecule has 0 radical (unpaired) electrons. The molecular formula is C12H22O. The molecule has 0 saturated heterocycles. The minimum atomic E-state index is 0.0142. The van der Waals surface area contributed by atoms with Crippen LogP contribution in [0.5, 0.6) is 0 Å². The van der Waals surface area contributed by atoms with E-state index in [-0.39, 0.29) is 10.8 Å². The number of rotatable bonds is 3. The maximum Gasteiger partial charge on any atom is 0.126 e. The van der Waals surface area contributed by atoms with Gasteiger partial charge in [-0.1, -0.05) is 34.6 Å². The highest BCUT2D eigenvalue weighted by Crippen LogP contribution is 2.65. The van der Waals surface area contributed by atoms with Crippen LogP contribution in [0.25, 0.3) is 0 Å². The van der Waals surface area contributed by atoms with Crippen LogP contribution < -0.4 is 0 Å². The van der Waals surface area contributed by atoms with Crippen LogP contribution in [0.1, 0.15) is 53.9 Å². The van der Waals surface area contributed by atoms with E-state index < -0.39 is 0 Å². The molecule has 1 nitrogen and oxygen atoms in total. The molecule has 0 aromatic carbocycles. The smallest absolute Gasteiger partial charge is 0.126 e. The molecule has 76 valence electrons. The Morgan fingerprint density at radius 2 is 1.77 bits per heavy atom. The first-order valence-corrected chi connectivity index (χ1v) is 5.19. The molecule has 0 aliphatic heterocycles. The molecule has 1 unspecified atom stereocenters. The average molecular weight is 182 g/mol. The molecule has 1 aliphatic rings. The molecule has 0 N–H and O–H groups in total. The number of hydrogen-bond acceptors (Lipinski definition) is 1. The summed E-state index contributed by atoms with van der Waals surface area (Å²) in [5.74, 6) is 0. The summed E-state index contributed by atoms with van der Waals surface area (Å²) in [6.07, 6.45) is 4.49. The van der Waals surface area contributed by atoms with Crippen LogP contribution in [0, 0.1) is 16.2 Å². The van der Waals surface area contributed by atoms with E-state index in [0.717, 1.165) is 19.3 Å². The third-order valence-electron chi connectivity index (χ3n) is 3.53. The van der Waals surface area contributed by atoms with Crippen molar-refractivity contribution in [2.24, 2.45) is 16.2 Å². The molecular weight excluding hydrogens is 160 g/mol. The first-order valence-electron chi connectivity index (χ1n) is 5.19. The molecule has 1 aliphatic carbocycles. The van der Waals surface area contributed by atoms with Gasteiger partial charge in [0, 0.05) is 5.41 Å². The summed E-state index contributed by atoms with van der Waals surface area (Å²) in [6, 6.07) is 0. The van der Waals surface area contributed by atoms with Gasteiger partial charge in [0.25, 0.3) is 0 Å². The van der Waals surface area contributed by atoms with Gasteiger partial charge in [0.05, 0.1) is 0 Å². The number of carbonyl (C=O) groups is 1. The van der Waals surface area contributed by atoms with Crippen molar-refractivity contribution >= 4 is 6.29 Å². The molecule has 0 amide bonds. The molecule has 0 heterocycles. The van der Waals surface area contributed by atoms with Gasteiger partial charge in [-0.2, -0.15) is 0 Å². The minimum absolute atomic E-state index is 0.0142. The zero-order valence-corrected chi connectivity index (χ0v) is 9.61. The lowest BCUT2D eigenvalue weighted by Crippen LogP contribution is -2.15. The monoisotopic (exact) mass is 182 g/mol. The Kier molecular flexibility index (Phi) is 2.34. The Hall–Kier alpha value is -0.330. The zero-order valence-electron chi connectivity index (χ0n) is 9.61. The van der Waals surface area contributed by atoms with Gasteiger partial charge < -0.3 is 4.79 Å². The lowest BCUT2D eigenvalue weighted by Gasteiger charge is -2.21. The van der Waals surface area contributed by atoms with E-state index in [0.29, 0.717) is 5.41 Å². The topological polar surface area (TPSA) is 17.1 Å². The standard InChI is InChI=1S/C12H22O/c1-10(2,3)6-7-12(9-13)8-11(12,4)5/h9H,6-8H2,1-5H3. The summed E-state index contributed by atoms with van der Waals surface area (Å²) in [5, 5.41) is 0. The van der Waals surface area contributed by atoms with E-state index in [2.05, 4.69) is 34.6 Å². The van der Waals surface area contributed by atoms with Crippen molar-refractivity contribution in [3.8, 4) is 0 Å². The molecule has 1 fully saturated rings. The van der Waals surface area contributed by atoms with Gasteiger partial charge in [0.2, 0.25) is 0 Å². The zero-order chi connectivity index (χ0) is 10.3. The molecule has 0 aromatic rings. The Labute approximate surface area is 81.9 Å². The predicted molar refractivity (Wildman–Crippen MR) is 55.6 cm³/mol.